The summed E-state index contributed by atoms with van der Waals surface area (Å²) in [5.74, 6) is -2.41. The molecular formula is C28H26N2O8S. The van der Waals surface area contributed by atoms with E-state index in [1.54, 1.807) is 32.0 Å². The molecule has 1 amide bonds. The molecule has 0 saturated carbocycles. The van der Waals surface area contributed by atoms with E-state index in [0.717, 1.165) is 16.2 Å². The van der Waals surface area contributed by atoms with Gasteiger partial charge in [0.15, 0.2) is 16.6 Å². The first-order valence-electron chi connectivity index (χ1n) is 11.7. The Kier molecular flexibility index (Phi) is 7.73. The third-order valence-electron chi connectivity index (χ3n) is 6.14. The Bertz CT molecular complexity index is 1520. The fourth-order valence-corrected chi connectivity index (χ4v) is 5.25. The van der Waals surface area contributed by atoms with Crippen LogP contribution in [0.4, 0.5) is 5.13 Å². The van der Waals surface area contributed by atoms with Crippen LogP contribution in [0.3, 0.4) is 0 Å². The summed E-state index contributed by atoms with van der Waals surface area (Å²) in [5.41, 5.74) is 1.47. The average Bonchev–Trinajstić information content (AvgIpc) is 3.43. The SMILES string of the molecule is C=CCOC(=O)c1sc(N2C(=O)C(=O)C(=C(O)c3ccc(OC)c(C)c3)C2c2ccc(O)c(OC)c2)nc1C. The molecule has 2 N–H and O–H groups in total. The van der Waals surface area contributed by atoms with Crippen molar-refractivity contribution in [1.82, 2.24) is 4.98 Å². The van der Waals surface area contributed by atoms with Crippen LogP contribution in [0, 0.1) is 13.8 Å². The standard InChI is InChI=1S/C28H26N2O8S/c1-6-11-38-27(35)25-15(3)29-28(39-25)30-22(16-7-9-18(31)20(13-16)37-5)21(24(33)26(30)34)23(32)17-8-10-19(36-4)14(2)12-17/h6-10,12-13,22,31-32H,1,11H2,2-5H3. The molecule has 39 heavy (non-hydrogen) atoms. The highest BCUT2D eigenvalue weighted by Crippen LogP contribution is 2.45. The van der Waals surface area contributed by atoms with Crippen molar-refractivity contribution in [2.75, 3.05) is 25.7 Å². The Morgan fingerprint density at radius 3 is 2.49 bits per heavy atom. The van der Waals surface area contributed by atoms with Crippen molar-refractivity contribution in [3.05, 3.63) is 81.9 Å². The Labute approximate surface area is 228 Å². The number of esters is 1. The molecule has 202 valence electrons. The number of hydrogen-bond acceptors (Lipinski definition) is 10. The maximum Gasteiger partial charge on any atom is 0.350 e. The topological polar surface area (TPSA) is 135 Å². The summed E-state index contributed by atoms with van der Waals surface area (Å²) >= 11 is 0.881. The number of phenols is 1. The van der Waals surface area contributed by atoms with Gasteiger partial charge in [-0.3, -0.25) is 14.5 Å². The number of aromatic nitrogens is 1. The van der Waals surface area contributed by atoms with Gasteiger partial charge >= 0.3 is 11.9 Å². The maximum absolute atomic E-state index is 13.5. The molecule has 1 aliphatic rings. The smallest absolute Gasteiger partial charge is 0.350 e. The lowest BCUT2D eigenvalue weighted by Gasteiger charge is -2.23. The van der Waals surface area contributed by atoms with Crippen LogP contribution < -0.4 is 14.4 Å². The molecule has 2 heterocycles. The van der Waals surface area contributed by atoms with Gasteiger partial charge in [0.1, 0.15) is 23.0 Å². The van der Waals surface area contributed by atoms with Crippen molar-refractivity contribution >= 4 is 39.9 Å². The summed E-state index contributed by atoms with van der Waals surface area (Å²) in [6, 6.07) is 8.03. The number of aryl methyl sites for hydroxylation is 2. The molecule has 0 radical (unpaired) electrons. The zero-order chi connectivity index (χ0) is 28.4. The number of carbonyl (C=O) groups is 3. The molecule has 1 unspecified atom stereocenters. The number of aliphatic hydroxyl groups excluding tert-OH is 1. The Morgan fingerprint density at radius 1 is 1.13 bits per heavy atom. The van der Waals surface area contributed by atoms with E-state index in [-0.39, 0.29) is 33.7 Å². The number of nitrogens with zero attached hydrogens (tertiary/aromatic N) is 2. The van der Waals surface area contributed by atoms with E-state index in [2.05, 4.69) is 11.6 Å². The van der Waals surface area contributed by atoms with Gasteiger partial charge < -0.3 is 24.4 Å². The van der Waals surface area contributed by atoms with Crippen LogP contribution in [-0.4, -0.2) is 53.7 Å². The van der Waals surface area contributed by atoms with Crippen molar-refractivity contribution in [3.8, 4) is 17.2 Å². The number of phenolic OH excluding ortho intramolecular Hbond substituents is 1. The van der Waals surface area contributed by atoms with E-state index in [4.69, 9.17) is 14.2 Å². The second kappa shape index (κ2) is 11.0. The van der Waals surface area contributed by atoms with Gasteiger partial charge in [-0.2, -0.15) is 0 Å². The number of Topliss-reactive ketones (excluding diaryl/α,β-unsaturated/α-hetero) is 1. The zero-order valence-electron chi connectivity index (χ0n) is 21.7. The molecule has 10 nitrogen and oxygen atoms in total. The van der Waals surface area contributed by atoms with Crippen molar-refractivity contribution < 1.29 is 38.8 Å². The molecule has 1 saturated heterocycles. The van der Waals surface area contributed by atoms with Crippen LogP contribution in [0.2, 0.25) is 0 Å². The molecule has 0 aliphatic carbocycles. The van der Waals surface area contributed by atoms with Gasteiger partial charge in [0, 0.05) is 5.56 Å². The summed E-state index contributed by atoms with van der Waals surface area (Å²) in [4.78, 5) is 45.1. The van der Waals surface area contributed by atoms with Crippen LogP contribution in [-0.2, 0) is 14.3 Å². The first-order valence-corrected chi connectivity index (χ1v) is 12.5. The van der Waals surface area contributed by atoms with Gasteiger partial charge in [-0.05, 0) is 55.3 Å². The maximum atomic E-state index is 13.5. The molecule has 4 rings (SSSR count). The van der Waals surface area contributed by atoms with Gasteiger partial charge in [-0.1, -0.05) is 30.1 Å². The zero-order valence-corrected chi connectivity index (χ0v) is 22.5. The normalized spacial score (nSPS) is 16.3. The van der Waals surface area contributed by atoms with Gasteiger partial charge in [0.2, 0.25) is 0 Å². The summed E-state index contributed by atoms with van der Waals surface area (Å²) in [5, 5.41) is 21.6. The molecule has 3 aromatic rings. The van der Waals surface area contributed by atoms with Gasteiger partial charge in [0.05, 0.1) is 31.5 Å². The summed E-state index contributed by atoms with van der Waals surface area (Å²) in [6.07, 6.45) is 1.42. The Morgan fingerprint density at radius 2 is 1.85 bits per heavy atom. The first-order chi connectivity index (χ1) is 18.6. The monoisotopic (exact) mass is 550 g/mol. The van der Waals surface area contributed by atoms with E-state index < -0.39 is 29.5 Å². The summed E-state index contributed by atoms with van der Waals surface area (Å²) in [7, 11) is 2.88. The Hall–Kier alpha value is -4.64. The van der Waals surface area contributed by atoms with Crippen LogP contribution in [0.15, 0.2) is 54.6 Å². The van der Waals surface area contributed by atoms with Crippen molar-refractivity contribution in [2.24, 2.45) is 0 Å². The quantitative estimate of drug-likeness (QED) is 0.137. The van der Waals surface area contributed by atoms with Crippen molar-refractivity contribution in [1.29, 1.82) is 0 Å². The van der Waals surface area contributed by atoms with E-state index in [1.807, 2.05) is 0 Å². The average molecular weight is 551 g/mol. The van der Waals surface area contributed by atoms with Crippen LogP contribution >= 0.6 is 11.3 Å². The number of benzene rings is 2. The Balaban J connectivity index is 1.93. The van der Waals surface area contributed by atoms with E-state index >= 15 is 0 Å². The third kappa shape index (κ3) is 4.96. The van der Waals surface area contributed by atoms with Crippen LogP contribution in [0.5, 0.6) is 17.2 Å². The molecule has 1 fully saturated rings. The molecule has 2 aromatic carbocycles. The number of amides is 1. The van der Waals surface area contributed by atoms with Crippen molar-refractivity contribution in [2.45, 2.75) is 19.9 Å². The lowest BCUT2D eigenvalue weighted by Crippen LogP contribution is -2.29. The summed E-state index contributed by atoms with van der Waals surface area (Å²) < 4.78 is 15.7. The number of hydrogen-bond donors (Lipinski definition) is 2. The number of aliphatic hydroxyl groups is 1. The van der Waals surface area contributed by atoms with E-state index in [1.165, 1.54) is 38.5 Å². The second-order valence-corrected chi connectivity index (χ2v) is 9.56. The highest BCUT2D eigenvalue weighted by atomic mass is 32.1. The molecule has 11 heteroatoms. The van der Waals surface area contributed by atoms with Gasteiger partial charge in [-0.25, -0.2) is 9.78 Å². The number of methoxy groups -OCH3 is 2. The van der Waals surface area contributed by atoms with Crippen molar-refractivity contribution in [3.63, 3.8) is 0 Å². The second-order valence-electron chi connectivity index (χ2n) is 8.58. The predicted molar refractivity (Wildman–Crippen MR) is 145 cm³/mol. The highest BCUT2D eigenvalue weighted by Gasteiger charge is 2.48. The minimum atomic E-state index is -1.15. The number of aromatic hydroxyl groups is 1. The molecule has 1 aliphatic heterocycles. The summed E-state index contributed by atoms with van der Waals surface area (Å²) in [6.45, 7) is 6.87. The number of ketones is 1. The predicted octanol–water partition coefficient (Wildman–Crippen LogP) is 4.45. The lowest BCUT2D eigenvalue weighted by atomic mass is 9.94. The minimum Gasteiger partial charge on any atom is -0.507 e. The fraction of sp³-hybridized carbons (Fsp3) is 0.214. The number of ether oxygens (including phenoxy) is 3. The number of anilines is 1. The first kappa shape index (κ1) is 27.4. The van der Waals surface area contributed by atoms with E-state index in [9.17, 15) is 24.6 Å². The molecule has 0 bridgehead atoms. The third-order valence-corrected chi connectivity index (χ3v) is 7.28. The molecule has 1 aromatic heterocycles. The molecular weight excluding hydrogens is 524 g/mol. The number of rotatable bonds is 8. The number of thiazole rings is 1. The van der Waals surface area contributed by atoms with Crippen LogP contribution in [0.1, 0.15) is 38.1 Å². The largest absolute Gasteiger partial charge is 0.507 e. The highest BCUT2D eigenvalue weighted by molar-refractivity contribution is 7.17. The minimum absolute atomic E-state index is 0.00932. The molecule has 0 spiro atoms. The lowest BCUT2D eigenvalue weighted by molar-refractivity contribution is -0.132. The number of carbonyl (C=O) groups excluding carboxylic acids is 3. The van der Waals surface area contributed by atoms with Gasteiger partial charge in [-0.15, -0.1) is 0 Å². The van der Waals surface area contributed by atoms with Gasteiger partial charge in [0.25, 0.3) is 5.78 Å². The van der Waals surface area contributed by atoms with E-state index in [0.29, 0.717) is 28.1 Å². The molecule has 1 atom stereocenters. The van der Waals surface area contributed by atoms with Crippen LogP contribution in [0.25, 0.3) is 5.76 Å². The fourth-order valence-electron chi connectivity index (χ4n) is 4.27.